The SMILES string of the molecule is COc1ccc(Cl)cc1C(=O)NNC(=O)CSc1nc2ccccc2s1. The first kappa shape index (κ1) is 18.5. The zero-order chi connectivity index (χ0) is 18.5. The van der Waals surface area contributed by atoms with Gasteiger partial charge in [0.1, 0.15) is 5.75 Å². The van der Waals surface area contributed by atoms with Gasteiger partial charge in [0.25, 0.3) is 5.91 Å². The first-order chi connectivity index (χ1) is 12.6. The van der Waals surface area contributed by atoms with E-state index in [1.165, 1.54) is 36.3 Å². The van der Waals surface area contributed by atoms with Crippen LogP contribution in [0.2, 0.25) is 5.02 Å². The normalized spacial score (nSPS) is 10.5. The molecule has 0 aliphatic heterocycles. The molecule has 0 unspecified atom stereocenters. The predicted octanol–water partition coefficient (Wildman–Crippen LogP) is 3.51. The molecule has 0 aliphatic carbocycles. The number of hydrazine groups is 1. The Morgan fingerprint density at radius 3 is 2.81 bits per heavy atom. The highest BCUT2D eigenvalue weighted by molar-refractivity contribution is 8.01. The minimum atomic E-state index is -0.511. The fourth-order valence-electron chi connectivity index (χ4n) is 2.13. The summed E-state index contributed by atoms with van der Waals surface area (Å²) in [6, 6.07) is 12.4. The number of carbonyl (C=O) groups is 2. The van der Waals surface area contributed by atoms with Crippen LogP contribution in [0, 0.1) is 0 Å². The van der Waals surface area contributed by atoms with Gasteiger partial charge in [-0.3, -0.25) is 20.4 Å². The Morgan fingerprint density at radius 2 is 2.04 bits per heavy atom. The van der Waals surface area contributed by atoms with Crippen LogP contribution < -0.4 is 15.6 Å². The third-order valence-corrected chi connectivity index (χ3v) is 5.74. The lowest BCUT2D eigenvalue weighted by molar-refractivity contribution is -0.119. The zero-order valence-corrected chi connectivity index (χ0v) is 16.0. The van der Waals surface area contributed by atoms with Crippen molar-refractivity contribution >= 4 is 56.7 Å². The summed E-state index contributed by atoms with van der Waals surface area (Å²) in [7, 11) is 1.45. The van der Waals surface area contributed by atoms with Crippen LogP contribution in [0.15, 0.2) is 46.8 Å². The van der Waals surface area contributed by atoms with Gasteiger partial charge in [0.05, 0.1) is 28.6 Å². The number of para-hydroxylation sites is 1. The van der Waals surface area contributed by atoms with Crippen molar-refractivity contribution in [1.82, 2.24) is 15.8 Å². The number of halogens is 1. The number of benzene rings is 2. The van der Waals surface area contributed by atoms with Crippen molar-refractivity contribution in [3.05, 3.63) is 53.1 Å². The Hall–Kier alpha value is -2.29. The van der Waals surface area contributed by atoms with E-state index in [1.807, 2.05) is 24.3 Å². The van der Waals surface area contributed by atoms with Crippen LogP contribution in [0.3, 0.4) is 0 Å². The molecular formula is C17H14ClN3O3S2. The van der Waals surface area contributed by atoms with Crippen LogP contribution in [0.25, 0.3) is 10.2 Å². The lowest BCUT2D eigenvalue weighted by atomic mass is 10.2. The molecule has 0 radical (unpaired) electrons. The zero-order valence-electron chi connectivity index (χ0n) is 13.6. The Bertz CT molecular complexity index is 928. The molecule has 0 bridgehead atoms. The topological polar surface area (TPSA) is 80.3 Å². The van der Waals surface area contributed by atoms with Crippen LogP contribution in [0.5, 0.6) is 5.75 Å². The van der Waals surface area contributed by atoms with E-state index in [1.54, 1.807) is 12.1 Å². The minimum Gasteiger partial charge on any atom is -0.496 e. The van der Waals surface area contributed by atoms with Gasteiger partial charge in [-0.15, -0.1) is 11.3 Å². The van der Waals surface area contributed by atoms with E-state index in [9.17, 15) is 9.59 Å². The van der Waals surface area contributed by atoms with Crippen LogP contribution in [-0.2, 0) is 4.79 Å². The van der Waals surface area contributed by atoms with Gasteiger partial charge in [0.15, 0.2) is 4.34 Å². The number of nitrogens with one attached hydrogen (secondary N) is 2. The smallest absolute Gasteiger partial charge is 0.273 e. The second kappa shape index (κ2) is 8.39. The van der Waals surface area contributed by atoms with E-state index in [0.29, 0.717) is 10.8 Å². The van der Waals surface area contributed by atoms with E-state index in [2.05, 4.69) is 15.8 Å². The van der Waals surface area contributed by atoms with Crippen molar-refractivity contribution < 1.29 is 14.3 Å². The number of aromatic nitrogens is 1. The van der Waals surface area contributed by atoms with Crippen molar-refractivity contribution in [1.29, 1.82) is 0 Å². The molecule has 26 heavy (non-hydrogen) atoms. The molecule has 0 saturated carbocycles. The van der Waals surface area contributed by atoms with Crippen LogP contribution in [0.4, 0.5) is 0 Å². The molecule has 6 nitrogen and oxygen atoms in total. The molecule has 0 saturated heterocycles. The van der Waals surface area contributed by atoms with E-state index >= 15 is 0 Å². The Kier molecular flexibility index (Phi) is 5.97. The fourth-order valence-corrected chi connectivity index (χ4v) is 4.17. The van der Waals surface area contributed by atoms with Gasteiger partial charge in [-0.1, -0.05) is 35.5 Å². The summed E-state index contributed by atoms with van der Waals surface area (Å²) < 4.78 is 6.98. The number of ether oxygens (including phenoxy) is 1. The summed E-state index contributed by atoms with van der Waals surface area (Å²) in [6.07, 6.45) is 0. The number of methoxy groups -OCH3 is 1. The average molecular weight is 408 g/mol. The van der Waals surface area contributed by atoms with Gasteiger partial charge < -0.3 is 4.74 Å². The van der Waals surface area contributed by atoms with Gasteiger partial charge >= 0.3 is 0 Å². The molecule has 9 heteroatoms. The number of fused-ring (bicyclic) bond motifs is 1. The van der Waals surface area contributed by atoms with Crippen molar-refractivity contribution in [2.24, 2.45) is 0 Å². The minimum absolute atomic E-state index is 0.132. The first-order valence-electron chi connectivity index (χ1n) is 7.48. The number of thioether (sulfide) groups is 1. The van der Waals surface area contributed by atoms with E-state index in [0.717, 1.165) is 14.6 Å². The number of hydrogen-bond donors (Lipinski definition) is 2. The lowest BCUT2D eigenvalue weighted by Gasteiger charge is -2.10. The van der Waals surface area contributed by atoms with Crippen molar-refractivity contribution in [2.45, 2.75) is 4.34 Å². The Morgan fingerprint density at radius 1 is 1.23 bits per heavy atom. The van der Waals surface area contributed by atoms with Gasteiger partial charge in [-0.2, -0.15) is 0 Å². The number of rotatable bonds is 5. The Balaban J connectivity index is 1.54. The summed E-state index contributed by atoms with van der Waals surface area (Å²) in [6.45, 7) is 0. The average Bonchev–Trinajstić information content (AvgIpc) is 3.07. The summed E-state index contributed by atoms with van der Waals surface area (Å²) in [5, 5.41) is 0.397. The molecule has 2 N–H and O–H groups in total. The second-order valence-electron chi connectivity index (χ2n) is 5.08. The van der Waals surface area contributed by atoms with Crippen LogP contribution >= 0.6 is 34.7 Å². The van der Waals surface area contributed by atoms with Gasteiger partial charge in [0.2, 0.25) is 5.91 Å². The maximum Gasteiger partial charge on any atom is 0.273 e. The standard InChI is InChI=1S/C17H14ClN3O3S2/c1-24-13-7-6-10(18)8-11(13)16(23)21-20-15(22)9-25-17-19-12-4-2-3-5-14(12)26-17/h2-8H,9H2,1H3,(H,20,22)(H,21,23). The fraction of sp³-hybridized carbons (Fsp3) is 0.118. The van der Waals surface area contributed by atoms with Gasteiger partial charge in [-0.25, -0.2) is 4.98 Å². The van der Waals surface area contributed by atoms with E-state index < -0.39 is 5.91 Å². The van der Waals surface area contributed by atoms with Crippen LogP contribution in [-0.4, -0.2) is 29.7 Å². The third-order valence-electron chi connectivity index (χ3n) is 3.32. The van der Waals surface area contributed by atoms with Crippen molar-refractivity contribution in [3.63, 3.8) is 0 Å². The summed E-state index contributed by atoms with van der Waals surface area (Å²) in [5.41, 5.74) is 5.87. The van der Waals surface area contributed by atoms with E-state index in [-0.39, 0.29) is 17.2 Å². The summed E-state index contributed by atoms with van der Waals surface area (Å²) in [5.74, 6) is -0.358. The predicted molar refractivity (Wildman–Crippen MR) is 104 cm³/mol. The van der Waals surface area contributed by atoms with Gasteiger partial charge in [0, 0.05) is 5.02 Å². The number of thiazole rings is 1. The molecule has 2 amide bonds. The molecule has 1 heterocycles. The molecule has 1 aromatic heterocycles. The quantitative estimate of drug-likeness (QED) is 0.499. The highest BCUT2D eigenvalue weighted by atomic mass is 35.5. The summed E-state index contributed by atoms with van der Waals surface area (Å²) >= 11 is 8.73. The second-order valence-corrected chi connectivity index (χ2v) is 7.77. The number of amides is 2. The molecule has 3 aromatic rings. The van der Waals surface area contributed by atoms with E-state index in [4.69, 9.17) is 16.3 Å². The molecule has 0 spiro atoms. The number of hydrogen-bond acceptors (Lipinski definition) is 6. The lowest BCUT2D eigenvalue weighted by Crippen LogP contribution is -2.42. The maximum atomic E-state index is 12.2. The third kappa shape index (κ3) is 4.46. The largest absolute Gasteiger partial charge is 0.496 e. The number of carbonyl (C=O) groups excluding carboxylic acids is 2. The molecule has 0 fully saturated rings. The van der Waals surface area contributed by atoms with Crippen LogP contribution in [0.1, 0.15) is 10.4 Å². The highest BCUT2D eigenvalue weighted by Crippen LogP contribution is 2.29. The molecular weight excluding hydrogens is 394 g/mol. The first-order valence-corrected chi connectivity index (χ1v) is 9.66. The van der Waals surface area contributed by atoms with Crippen molar-refractivity contribution in [3.8, 4) is 5.75 Å². The molecule has 0 aliphatic rings. The summed E-state index contributed by atoms with van der Waals surface area (Å²) in [4.78, 5) is 28.6. The van der Waals surface area contributed by atoms with Crippen molar-refractivity contribution in [2.75, 3.05) is 12.9 Å². The maximum absolute atomic E-state index is 12.2. The monoisotopic (exact) mass is 407 g/mol. The highest BCUT2D eigenvalue weighted by Gasteiger charge is 2.14. The Labute approximate surface area is 162 Å². The van der Waals surface area contributed by atoms with Gasteiger partial charge in [-0.05, 0) is 30.3 Å². The molecule has 134 valence electrons. The molecule has 0 atom stereocenters. The number of nitrogens with zero attached hydrogens (tertiary/aromatic N) is 1. The molecule has 2 aromatic carbocycles. The molecule has 3 rings (SSSR count).